The molecule has 2 fully saturated rings. The number of allylic oxidation sites excluding steroid dienone is 2. The first-order valence-electron chi connectivity index (χ1n) is 7.61. The van der Waals surface area contributed by atoms with Crippen LogP contribution in [0.2, 0.25) is 0 Å². The van der Waals surface area contributed by atoms with E-state index in [-0.39, 0.29) is 29.3 Å². The zero-order chi connectivity index (χ0) is 16.4. The second-order valence-corrected chi connectivity index (χ2v) is 6.40. The molecule has 1 heterocycles. The molecule has 0 radical (unpaired) electrons. The molecular weight excluding hydrogens is 307 g/mol. The van der Waals surface area contributed by atoms with E-state index in [1.165, 1.54) is 12.1 Å². The summed E-state index contributed by atoms with van der Waals surface area (Å²) in [6.45, 7) is 0. The molecule has 1 aromatic rings. The van der Waals surface area contributed by atoms with Gasteiger partial charge in [0.05, 0.1) is 23.1 Å². The highest BCUT2D eigenvalue weighted by molar-refractivity contribution is 6.22. The van der Waals surface area contributed by atoms with E-state index in [1.807, 2.05) is 12.2 Å². The van der Waals surface area contributed by atoms with E-state index < -0.39 is 23.6 Å². The molecule has 1 aromatic carbocycles. The van der Waals surface area contributed by atoms with Gasteiger partial charge in [-0.15, -0.1) is 0 Å². The van der Waals surface area contributed by atoms with Crippen LogP contribution in [0, 0.1) is 23.7 Å². The summed E-state index contributed by atoms with van der Waals surface area (Å²) >= 11 is 0. The maximum atomic E-state index is 12.9. The van der Waals surface area contributed by atoms with Crippen LogP contribution >= 0.6 is 0 Å². The lowest BCUT2D eigenvalue weighted by Crippen LogP contribution is -2.38. The summed E-state index contributed by atoms with van der Waals surface area (Å²) in [6.07, 6.45) is 1.18. The number of fused-ring (bicyclic) bond motifs is 1. The summed E-state index contributed by atoms with van der Waals surface area (Å²) < 4.78 is 38.6. The van der Waals surface area contributed by atoms with Crippen LogP contribution in [-0.4, -0.2) is 11.8 Å². The van der Waals surface area contributed by atoms with Crippen molar-refractivity contribution in [2.45, 2.75) is 19.0 Å². The van der Waals surface area contributed by atoms with Gasteiger partial charge < -0.3 is 0 Å². The predicted molar refractivity (Wildman–Crippen MR) is 76.3 cm³/mol. The topological polar surface area (TPSA) is 37.4 Å². The van der Waals surface area contributed by atoms with Gasteiger partial charge in [-0.1, -0.05) is 18.2 Å². The predicted octanol–water partition coefficient (Wildman–Crippen LogP) is 3.41. The maximum absolute atomic E-state index is 12.9. The number of benzene rings is 1. The lowest BCUT2D eigenvalue weighted by atomic mass is 9.63. The molecule has 3 aliphatic carbocycles. The smallest absolute Gasteiger partial charge is 0.274 e. The molecule has 1 saturated carbocycles. The molecule has 0 N–H and O–H groups in total. The van der Waals surface area contributed by atoms with Gasteiger partial charge in [0.1, 0.15) is 0 Å². The third-order valence-electron chi connectivity index (χ3n) is 5.19. The number of nitrogens with zero attached hydrogens (tertiary/aromatic N) is 1. The van der Waals surface area contributed by atoms with Gasteiger partial charge in [0.2, 0.25) is 11.8 Å². The van der Waals surface area contributed by atoms with Gasteiger partial charge in [-0.2, -0.15) is 13.2 Å². The Labute approximate surface area is 130 Å². The van der Waals surface area contributed by atoms with Crippen molar-refractivity contribution in [1.29, 1.82) is 0 Å². The minimum atomic E-state index is -4.50. The molecule has 0 aromatic heterocycles. The van der Waals surface area contributed by atoms with Gasteiger partial charge in [-0.25, -0.2) is 0 Å². The number of carbonyl (C=O) groups excluding carboxylic acids is 2. The molecule has 1 aliphatic heterocycles. The monoisotopic (exact) mass is 321 g/mol. The molecule has 5 rings (SSSR count). The Morgan fingerprint density at radius 2 is 1.52 bits per heavy atom. The van der Waals surface area contributed by atoms with Crippen LogP contribution in [0.1, 0.15) is 18.4 Å². The Bertz CT molecular complexity index is 693. The van der Waals surface area contributed by atoms with Crippen LogP contribution < -0.4 is 4.90 Å². The number of rotatable bonds is 1. The van der Waals surface area contributed by atoms with Crippen molar-refractivity contribution < 1.29 is 22.8 Å². The van der Waals surface area contributed by atoms with Crippen LogP contribution in [0.5, 0.6) is 0 Å². The van der Waals surface area contributed by atoms with E-state index in [1.54, 1.807) is 0 Å². The molecule has 23 heavy (non-hydrogen) atoms. The Morgan fingerprint density at radius 3 is 2.00 bits per heavy atom. The average molecular weight is 321 g/mol. The minimum absolute atomic E-state index is 0.0172. The fourth-order valence-electron chi connectivity index (χ4n) is 4.15. The largest absolute Gasteiger partial charge is 0.416 e. The molecule has 6 heteroatoms. The number of carbonyl (C=O) groups is 2. The highest BCUT2D eigenvalue weighted by Gasteiger charge is 2.56. The maximum Gasteiger partial charge on any atom is 0.416 e. The number of hydrogen-bond acceptors (Lipinski definition) is 2. The van der Waals surface area contributed by atoms with Gasteiger partial charge in [-0.3, -0.25) is 14.5 Å². The minimum Gasteiger partial charge on any atom is -0.274 e. The molecule has 1 saturated heterocycles. The third-order valence-corrected chi connectivity index (χ3v) is 5.19. The van der Waals surface area contributed by atoms with Crippen molar-refractivity contribution in [3.05, 3.63) is 42.0 Å². The Hall–Kier alpha value is -2.11. The average Bonchev–Trinajstić information content (AvgIpc) is 2.81. The van der Waals surface area contributed by atoms with Crippen molar-refractivity contribution >= 4 is 17.5 Å². The molecule has 4 atom stereocenters. The molecular formula is C17H14F3NO2. The van der Waals surface area contributed by atoms with Crippen LogP contribution in [0.15, 0.2) is 36.4 Å². The summed E-state index contributed by atoms with van der Waals surface area (Å²) in [7, 11) is 0. The molecule has 120 valence electrons. The van der Waals surface area contributed by atoms with E-state index in [0.29, 0.717) is 0 Å². The van der Waals surface area contributed by atoms with Gasteiger partial charge in [-0.05, 0) is 42.9 Å². The van der Waals surface area contributed by atoms with Crippen LogP contribution in [-0.2, 0) is 15.8 Å². The summed E-state index contributed by atoms with van der Waals surface area (Å²) in [6, 6.07) is 4.43. The fraction of sp³-hybridized carbons (Fsp3) is 0.412. The van der Waals surface area contributed by atoms with Crippen molar-refractivity contribution in [1.82, 2.24) is 0 Å². The number of hydrogen-bond donors (Lipinski definition) is 0. The Kier molecular flexibility index (Phi) is 2.95. The molecule has 2 bridgehead atoms. The SMILES string of the molecule is O=C1[C@H]2[C@H](C(=O)N1c1cccc(C(F)(F)F)c1)[C@H]1C=C[C@@H]2CC1. The molecule has 2 amide bonds. The van der Waals surface area contributed by atoms with Crippen LogP contribution in [0.3, 0.4) is 0 Å². The zero-order valence-electron chi connectivity index (χ0n) is 12.1. The Balaban J connectivity index is 1.74. The summed E-state index contributed by atoms with van der Waals surface area (Å²) in [5, 5.41) is 0. The first kappa shape index (κ1) is 14.5. The second kappa shape index (κ2) is 4.69. The highest BCUT2D eigenvalue weighted by atomic mass is 19.4. The molecule has 0 spiro atoms. The lowest BCUT2D eigenvalue weighted by molar-refractivity contribution is -0.137. The van der Waals surface area contributed by atoms with E-state index in [0.717, 1.165) is 29.9 Å². The van der Waals surface area contributed by atoms with Gasteiger partial charge in [0.15, 0.2) is 0 Å². The van der Waals surface area contributed by atoms with Crippen molar-refractivity contribution in [2.75, 3.05) is 4.90 Å². The van der Waals surface area contributed by atoms with Crippen molar-refractivity contribution in [2.24, 2.45) is 23.7 Å². The number of halogens is 3. The van der Waals surface area contributed by atoms with Gasteiger partial charge in [0, 0.05) is 0 Å². The van der Waals surface area contributed by atoms with E-state index in [9.17, 15) is 22.8 Å². The van der Waals surface area contributed by atoms with Gasteiger partial charge >= 0.3 is 6.18 Å². The van der Waals surface area contributed by atoms with Crippen LogP contribution in [0.4, 0.5) is 18.9 Å². The number of alkyl halides is 3. The molecule has 4 aliphatic rings. The lowest BCUT2D eigenvalue weighted by Gasteiger charge is -2.38. The second-order valence-electron chi connectivity index (χ2n) is 6.40. The third kappa shape index (κ3) is 2.04. The first-order chi connectivity index (χ1) is 10.9. The fourth-order valence-corrected chi connectivity index (χ4v) is 4.15. The Morgan fingerprint density at radius 1 is 0.957 bits per heavy atom. The van der Waals surface area contributed by atoms with E-state index in [2.05, 4.69) is 0 Å². The number of imide groups is 1. The van der Waals surface area contributed by atoms with Crippen LogP contribution in [0.25, 0.3) is 0 Å². The van der Waals surface area contributed by atoms with Gasteiger partial charge in [0.25, 0.3) is 0 Å². The van der Waals surface area contributed by atoms with E-state index >= 15 is 0 Å². The van der Waals surface area contributed by atoms with E-state index in [4.69, 9.17) is 0 Å². The number of amides is 2. The molecule has 0 unspecified atom stereocenters. The normalized spacial score (nSPS) is 32.6. The highest BCUT2D eigenvalue weighted by Crippen LogP contribution is 2.50. The number of anilines is 1. The standard InChI is InChI=1S/C17H14F3NO2/c18-17(19,20)11-2-1-3-12(8-11)21-15(22)13-9-4-5-10(7-6-9)14(13)16(21)23/h1-5,8-10,13-14H,6-7H2/t9-,10+,13-,14-/m1/s1. The zero-order valence-corrected chi connectivity index (χ0v) is 12.1. The summed E-state index contributed by atoms with van der Waals surface area (Å²) in [4.78, 5) is 26.3. The first-order valence-corrected chi connectivity index (χ1v) is 7.61. The molecule has 3 nitrogen and oxygen atoms in total. The summed E-state index contributed by atoms with van der Waals surface area (Å²) in [5.74, 6) is -1.51. The quantitative estimate of drug-likeness (QED) is 0.587. The summed E-state index contributed by atoms with van der Waals surface area (Å²) in [5.41, 5.74) is -0.838. The van der Waals surface area contributed by atoms with Crippen molar-refractivity contribution in [3.63, 3.8) is 0 Å². The van der Waals surface area contributed by atoms with Crippen molar-refractivity contribution in [3.8, 4) is 0 Å².